The quantitative estimate of drug-likeness (QED) is 0.226. The summed E-state index contributed by atoms with van der Waals surface area (Å²) >= 11 is 0. The second kappa shape index (κ2) is 11.4. The molecule has 1 aliphatic heterocycles. The zero-order valence-electron chi connectivity index (χ0n) is 22.6. The van der Waals surface area contributed by atoms with Gasteiger partial charge in [-0.1, -0.05) is 60.7 Å². The van der Waals surface area contributed by atoms with Gasteiger partial charge in [0.15, 0.2) is 0 Å². The number of methoxy groups -OCH3 is 1. The highest BCUT2D eigenvalue weighted by atomic mass is 16.7. The molecule has 9 heteroatoms. The highest BCUT2D eigenvalue weighted by molar-refractivity contribution is 6.08. The van der Waals surface area contributed by atoms with Gasteiger partial charge in [0.2, 0.25) is 12.2 Å². The Balaban J connectivity index is 1.49. The van der Waals surface area contributed by atoms with Gasteiger partial charge in [0, 0.05) is 11.1 Å². The van der Waals surface area contributed by atoms with Crippen molar-refractivity contribution < 1.29 is 34.6 Å². The van der Waals surface area contributed by atoms with Crippen LogP contribution in [0.1, 0.15) is 5.56 Å². The molecule has 0 aliphatic carbocycles. The first-order chi connectivity index (χ1) is 20.4. The lowest BCUT2D eigenvalue weighted by atomic mass is 9.96. The number of nitriles is 1. The third-order valence-electron chi connectivity index (χ3n) is 7.62. The molecule has 6 rings (SSSR count). The lowest BCUT2D eigenvalue weighted by Gasteiger charge is -2.39. The molecule has 0 radical (unpaired) electrons. The first-order valence-electron chi connectivity index (χ1n) is 13.4. The number of pyridine rings is 1. The van der Waals surface area contributed by atoms with Gasteiger partial charge in [0.1, 0.15) is 41.8 Å². The van der Waals surface area contributed by atoms with Crippen LogP contribution in [0, 0.1) is 11.3 Å². The normalized spacial score (nSPS) is 22.1. The van der Waals surface area contributed by atoms with Crippen LogP contribution >= 0.6 is 0 Å². The van der Waals surface area contributed by atoms with Crippen molar-refractivity contribution in [3.05, 3.63) is 90.5 Å². The molecule has 42 heavy (non-hydrogen) atoms. The Hall–Kier alpha value is -4.56. The van der Waals surface area contributed by atoms with E-state index >= 15 is 0 Å². The minimum atomic E-state index is -1.67. The lowest BCUT2D eigenvalue weighted by Crippen LogP contribution is -2.60. The highest BCUT2D eigenvalue weighted by Crippen LogP contribution is 2.37. The summed E-state index contributed by atoms with van der Waals surface area (Å²) in [4.78, 5) is 4.66. The number of ether oxygens (including phenoxy) is 3. The van der Waals surface area contributed by atoms with Crippen LogP contribution < -0.4 is 9.47 Å². The van der Waals surface area contributed by atoms with E-state index in [9.17, 15) is 25.7 Å². The average molecular weight is 565 g/mol. The van der Waals surface area contributed by atoms with Crippen molar-refractivity contribution in [2.75, 3.05) is 13.7 Å². The number of fused-ring (bicyclic) bond motifs is 3. The van der Waals surface area contributed by atoms with E-state index in [1.165, 1.54) is 0 Å². The van der Waals surface area contributed by atoms with Crippen LogP contribution in [0.15, 0.2) is 84.9 Å². The Morgan fingerprint density at radius 2 is 1.55 bits per heavy atom. The molecule has 1 fully saturated rings. The number of aliphatic hydroxyl groups is 4. The van der Waals surface area contributed by atoms with Crippen LogP contribution in [0.5, 0.6) is 11.6 Å². The first kappa shape index (κ1) is 27.6. The Bertz CT molecular complexity index is 1800. The zero-order valence-corrected chi connectivity index (χ0v) is 22.6. The molecular weight excluding hydrogens is 536 g/mol. The molecule has 1 aromatic heterocycles. The molecular formula is C33H28N2O7. The Morgan fingerprint density at radius 1 is 0.833 bits per heavy atom. The van der Waals surface area contributed by atoms with Crippen LogP contribution in [0.2, 0.25) is 0 Å². The monoisotopic (exact) mass is 564 g/mol. The molecule has 1 saturated heterocycles. The van der Waals surface area contributed by atoms with Crippen molar-refractivity contribution in [1.29, 1.82) is 5.26 Å². The highest BCUT2D eigenvalue weighted by Gasteiger charge is 2.45. The van der Waals surface area contributed by atoms with Gasteiger partial charge < -0.3 is 34.6 Å². The smallest absolute Gasteiger partial charge is 0.235 e. The summed E-state index contributed by atoms with van der Waals surface area (Å²) in [6, 6.07) is 29.3. The Morgan fingerprint density at radius 3 is 2.29 bits per heavy atom. The number of hydrogen-bond donors (Lipinski definition) is 4. The maximum absolute atomic E-state index is 10.6. The van der Waals surface area contributed by atoms with E-state index in [-0.39, 0.29) is 11.4 Å². The van der Waals surface area contributed by atoms with Crippen molar-refractivity contribution >= 4 is 21.5 Å². The van der Waals surface area contributed by atoms with E-state index in [1.54, 1.807) is 25.3 Å². The maximum atomic E-state index is 10.6. The van der Waals surface area contributed by atoms with Gasteiger partial charge in [-0.25, -0.2) is 4.98 Å². The molecule has 4 aromatic carbocycles. The van der Waals surface area contributed by atoms with Crippen LogP contribution in [-0.2, 0) is 4.74 Å². The van der Waals surface area contributed by atoms with Gasteiger partial charge in [-0.15, -0.1) is 0 Å². The van der Waals surface area contributed by atoms with Gasteiger partial charge in [-0.2, -0.15) is 5.26 Å². The summed E-state index contributed by atoms with van der Waals surface area (Å²) < 4.78 is 16.8. The fourth-order valence-electron chi connectivity index (χ4n) is 5.31. The summed E-state index contributed by atoms with van der Waals surface area (Å²) in [6.45, 7) is -0.619. The summed E-state index contributed by atoms with van der Waals surface area (Å²) in [5.41, 5.74) is 2.54. The molecule has 4 N–H and O–H groups in total. The van der Waals surface area contributed by atoms with E-state index < -0.39 is 37.3 Å². The molecule has 0 unspecified atom stereocenters. The van der Waals surface area contributed by atoms with E-state index in [1.807, 2.05) is 48.5 Å². The van der Waals surface area contributed by atoms with Gasteiger partial charge >= 0.3 is 0 Å². The van der Waals surface area contributed by atoms with Crippen molar-refractivity contribution in [3.63, 3.8) is 0 Å². The summed E-state index contributed by atoms with van der Waals surface area (Å²) in [6.07, 6.45) is -7.56. The summed E-state index contributed by atoms with van der Waals surface area (Å²) in [5.74, 6) is 0.509. The van der Waals surface area contributed by atoms with Crippen LogP contribution in [0.4, 0.5) is 0 Å². The van der Waals surface area contributed by atoms with E-state index in [0.29, 0.717) is 22.6 Å². The van der Waals surface area contributed by atoms with Crippen LogP contribution in [-0.4, -0.2) is 69.8 Å². The van der Waals surface area contributed by atoms with Crippen LogP contribution in [0.25, 0.3) is 43.9 Å². The SMILES string of the molecule is COc1ccc(-c2cc(-c3ccc4c(ccc5ccccc54)c3)nc(O[C@@H]3O[C@H](CO)[C@@H](O)[C@H](O)[C@H]3O)c2C#N)cc1. The molecule has 5 atom stereocenters. The number of rotatable bonds is 6. The Kier molecular flexibility index (Phi) is 7.47. The van der Waals surface area contributed by atoms with Gasteiger partial charge in [-0.05, 0) is 51.4 Å². The maximum Gasteiger partial charge on any atom is 0.235 e. The van der Waals surface area contributed by atoms with Crippen molar-refractivity contribution in [3.8, 4) is 40.1 Å². The predicted molar refractivity (Wildman–Crippen MR) is 156 cm³/mol. The molecule has 0 bridgehead atoms. The molecule has 1 aliphatic rings. The number of benzene rings is 4. The van der Waals surface area contributed by atoms with Crippen molar-refractivity contribution in [2.45, 2.75) is 30.7 Å². The fourth-order valence-corrected chi connectivity index (χ4v) is 5.31. The molecule has 5 aromatic rings. The number of aromatic nitrogens is 1. The average Bonchev–Trinajstić information content (AvgIpc) is 3.04. The number of aliphatic hydroxyl groups excluding tert-OH is 4. The van der Waals surface area contributed by atoms with Gasteiger partial charge in [0.05, 0.1) is 19.4 Å². The second-order valence-corrected chi connectivity index (χ2v) is 10.1. The first-order valence-corrected chi connectivity index (χ1v) is 13.4. The zero-order chi connectivity index (χ0) is 29.4. The molecule has 2 heterocycles. The largest absolute Gasteiger partial charge is 0.497 e. The summed E-state index contributed by atoms with van der Waals surface area (Å²) in [7, 11) is 1.57. The molecule has 212 valence electrons. The van der Waals surface area contributed by atoms with Crippen LogP contribution in [0.3, 0.4) is 0 Å². The third kappa shape index (κ3) is 4.92. The van der Waals surface area contributed by atoms with Crippen molar-refractivity contribution in [1.82, 2.24) is 4.98 Å². The molecule has 9 nitrogen and oxygen atoms in total. The minimum Gasteiger partial charge on any atom is -0.497 e. The molecule has 0 spiro atoms. The Labute approximate surface area is 241 Å². The predicted octanol–water partition coefficient (Wildman–Crippen LogP) is 3.78. The number of nitrogens with zero attached hydrogens (tertiary/aromatic N) is 2. The van der Waals surface area contributed by atoms with E-state index in [4.69, 9.17) is 14.2 Å². The lowest BCUT2D eigenvalue weighted by molar-refractivity contribution is -0.278. The summed E-state index contributed by atoms with van der Waals surface area (Å²) in [5, 5.41) is 55.3. The number of hydrogen-bond acceptors (Lipinski definition) is 9. The van der Waals surface area contributed by atoms with Gasteiger partial charge in [-0.3, -0.25) is 0 Å². The van der Waals surface area contributed by atoms with Gasteiger partial charge in [0.25, 0.3) is 0 Å². The standard InChI is InChI=1S/C33H28N2O7/c1-40-22-11-8-19(9-12-22)25-15-27(21-10-13-24-20(14-21)7-6-18-4-2-3-5-23(18)24)35-32(26(25)16-34)42-33-31(39)30(38)29(37)28(17-36)41-33/h2-15,28-31,33,36-39H,17H2,1H3/t28-,29-,30+,31-,33+/m1/s1. The fraction of sp³-hybridized carbons (Fsp3) is 0.212. The second-order valence-electron chi connectivity index (χ2n) is 10.1. The van der Waals surface area contributed by atoms with E-state index in [0.717, 1.165) is 27.1 Å². The van der Waals surface area contributed by atoms with E-state index in [2.05, 4.69) is 29.3 Å². The van der Waals surface area contributed by atoms with Crippen molar-refractivity contribution in [2.24, 2.45) is 0 Å². The minimum absolute atomic E-state index is 0.0765. The third-order valence-corrected chi connectivity index (χ3v) is 7.62. The topological polar surface area (TPSA) is 145 Å². The molecule has 0 saturated carbocycles. The molecule has 0 amide bonds.